The SMILES string of the molecule is CCCCCCCCC(C(=O)O)c1ccc(C)cc1. The monoisotopic (exact) mass is 262 g/mol. The van der Waals surface area contributed by atoms with Gasteiger partial charge < -0.3 is 5.11 Å². The van der Waals surface area contributed by atoms with Crippen LogP contribution in [0.15, 0.2) is 24.3 Å². The highest BCUT2D eigenvalue weighted by atomic mass is 16.4. The lowest BCUT2D eigenvalue weighted by molar-refractivity contribution is -0.139. The maximum atomic E-state index is 11.4. The molecule has 106 valence electrons. The van der Waals surface area contributed by atoms with E-state index in [0.29, 0.717) is 0 Å². The summed E-state index contributed by atoms with van der Waals surface area (Å²) in [7, 11) is 0. The molecule has 0 radical (unpaired) electrons. The first-order valence-corrected chi connectivity index (χ1v) is 7.44. The van der Waals surface area contributed by atoms with Crippen LogP contribution in [0.2, 0.25) is 0 Å². The van der Waals surface area contributed by atoms with Gasteiger partial charge in [0.05, 0.1) is 5.92 Å². The fourth-order valence-electron chi connectivity index (χ4n) is 2.36. The highest BCUT2D eigenvalue weighted by Crippen LogP contribution is 2.23. The molecule has 0 fully saturated rings. The largest absolute Gasteiger partial charge is 0.481 e. The summed E-state index contributed by atoms with van der Waals surface area (Å²) in [4.78, 5) is 11.4. The summed E-state index contributed by atoms with van der Waals surface area (Å²) in [5.41, 5.74) is 2.11. The number of carbonyl (C=O) groups is 1. The molecule has 0 aliphatic heterocycles. The summed E-state index contributed by atoms with van der Waals surface area (Å²) in [5, 5.41) is 9.34. The minimum atomic E-state index is -0.697. The van der Waals surface area contributed by atoms with Crippen LogP contribution in [0.5, 0.6) is 0 Å². The number of unbranched alkanes of at least 4 members (excludes halogenated alkanes) is 5. The minimum Gasteiger partial charge on any atom is -0.481 e. The Bertz CT molecular complexity index is 367. The normalized spacial score (nSPS) is 12.3. The Morgan fingerprint density at radius 3 is 2.21 bits per heavy atom. The lowest BCUT2D eigenvalue weighted by Crippen LogP contribution is -2.11. The summed E-state index contributed by atoms with van der Waals surface area (Å²) in [6.45, 7) is 4.23. The second-order valence-corrected chi connectivity index (χ2v) is 5.36. The van der Waals surface area contributed by atoms with Gasteiger partial charge in [-0.25, -0.2) is 0 Å². The molecule has 0 heterocycles. The van der Waals surface area contributed by atoms with Crippen molar-refractivity contribution in [2.75, 3.05) is 0 Å². The van der Waals surface area contributed by atoms with Gasteiger partial charge in [-0.2, -0.15) is 0 Å². The zero-order chi connectivity index (χ0) is 14.1. The number of rotatable bonds is 9. The van der Waals surface area contributed by atoms with Crippen molar-refractivity contribution in [1.82, 2.24) is 0 Å². The second-order valence-electron chi connectivity index (χ2n) is 5.36. The van der Waals surface area contributed by atoms with Gasteiger partial charge in [-0.05, 0) is 18.9 Å². The third-order valence-electron chi connectivity index (χ3n) is 3.62. The van der Waals surface area contributed by atoms with Crippen LogP contribution in [0.25, 0.3) is 0 Å². The Kier molecular flexibility index (Phi) is 7.24. The fourth-order valence-corrected chi connectivity index (χ4v) is 2.36. The first kappa shape index (κ1) is 15.7. The van der Waals surface area contributed by atoms with Gasteiger partial charge in [0.15, 0.2) is 0 Å². The Morgan fingerprint density at radius 2 is 1.63 bits per heavy atom. The van der Waals surface area contributed by atoms with Crippen molar-refractivity contribution in [1.29, 1.82) is 0 Å². The van der Waals surface area contributed by atoms with Crippen molar-refractivity contribution in [3.05, 3.63) is 35.4 Å². The number of carboxylic acid groups (broad SMARTS) is 1. The van der Waals surface area contributed by atoms with E-state index in [4.69, 9.17) is 0 Å². The number of benzene rings is 1. The number of hydrogen-bond acceptors (Lipinski definition) is 1. The fraction of sp³-hybridized carbons (Fsp3) is 0.588. The third kappa shape index (κ3) is 5.91. The minimum absolute atomic E-state index is 0.341. The van der Waals surface area contributed by atoms with Crippen molar-refractivity contribution >= 4 is 5.97 Å². The van der Waals surface area contributed by atoms with Crippen molar-refractivity contribution in [3.63, 3.8) is 0 Å². The van der Waals surface area contributed by atoms with Gasteiger partial charge in [0.1, 0.15) is 0 Å². The summed E-state index contributed by atoms with van der Waals surface area (Å²) in [6.07, 6.45) is 7.96. The van der Waals surface area contributed by atoms with Crippen LogP contribution in [-0.4, -0.2) is 11.1 Å². The van der Waals surface area contributed by atoms with Crippen molar-refractivity contribution < 1.29 is 9.90 Å². The summed E-state index contributed by atoms with van der Waals surface area (Å²) in [5.74, 6) is -1.04. The lowest BCUT2D eigenvalue weighted by atomic mass is 9.92. The zero-order valence-electron chi connectivity index (χ0n) is 12.2. The van der Waals surface area contributed by atoms with E-state index >= 15 is 0 Å². The molecule has 0 amide bonds. The predicted octanol–water partition coefficient (Wildman–Crippen LogP) is 4.91. The van der Waals surface area contributed by atoms with E-state index in [1.54, 1.807) is 0 Å². The van der Waals surface area contributed by atoms with Gasteiger partial charge in [-0.3, -0.25) is 4.79 Å². The topological polar surface area (TPSA) is 37.3 Å². The number of carboxylic acids is 1. The maximum Gasteiger partial charge on any atom is 0.310 e. The quantitative estimate of drug-likeness (QED) is 0.642. The van der Waals surface area contributed by atoms with Crippen LogP contribution in [-0.2, 0) is 4.79 Å². The van der Waals surface area contributed by atoms with Crippen LogP contribution in [0.4, 0.5) is 0 Å². The van der Waals surface area contributed by atoms with E-state index in [-0.39, 0.29) is 5.92 Å². The summed E-state index contributed by atoms with van der Waals surface area (Å²) < 4.78 is 0. The molecule has 0 saturated heterocycles. The van der Waals surface area contributed by atoms with Crippen molar-refractivity contribution in [2.24, 2.45) is 0 Å². The first-order valence-electron chi connectivity index (χ1n) is 7.44. The van der Waals surface area contributed by atoms with Crippen LogP contribution in [0, 0.1) is 6.92 Å². The standard InChI is InChI=1S/C17H26O2/c1-3-4-5-6-7-8-9-16(17(18)19)15-12-10-14(2)11-13-15/h10-13,16H,3-9H2,1-2H3,(H,18,19). The predicted molar refractivity (Wildman–Crippen MR) is 79.5 cm³/mol. The van der Waals surface area contributed by atoms with Gasteiger partial charge in [0.25, 0.3) is 0 Å². The number of aryl methyl sites for hydroxylation is 1. The zero-order valence-corrected chi connectivity index (χ0v) is 12.2. The molecule has 0 aliphatic carbocycles. The van der Waals surface area contributed by atoms with E-state index in [1.807, 2.05) is 31.2 Å². The Morgan fingerprint density at radius 1 is 1.05 bits per heavy atom. The molecule has 0 spiro atoms. The molecule has 1 atom stereocenters. The highest BCUT2D eigenvalue weighted by molar-refractivity contribution is 5.76. The van der Waals surface area contributed by atoms with Crippen LogP contribution < -0.4 is 0 Å². The molecular formula is C17H26O2. The number of hydrogen-bond donors (Lipinski definition) is 1. The van der Waals surface area contributed by atoms with Gasteiger partial charge in [-0.15, -0.1) is 0 Å². The van der Waals surface area contributed by atoms with Crippen LogP contribution in [0.3, 0.4) is 0 Å². The van der Waals surface area contributed by atoms with Crippen molar-refractivity contribution in [3.8, 4) is 0 Å². The molecule has 0 bridgehead atoms. The molecule has 19 heavy (non-hydrogen) atoms. The molecule has 1 N–H and O–H groups in total. The van der Waals surface area contributed by atoms with E-state index in [2.05, 4.69) is 6.92 Å². The third-order valence-corrected chi connectivity index (χ3v) is 3.62. The smallest absolute Gasteiger partial charge is 0.310 e. The second kappa shape index (κ2) is 8.73. The Balaban J connectivity index is 2.41. The van der Waals surface area contributed by atoms with Gasteiger partial charge in [0.2, 0.25) is 0 Å². The molecule has 1 aromatic rings. The van der Waals surface area contributed by atoms with Crippen molar-refractivity contribution in [2.45, 2.75) is 64.7 Å². The maximum absolute atomic E-state index is 11.4. The van der Waals surface area contributed by atoms with E-state index in [9.17, 15) is 9.90 Å². The molecule has 1 unspecified atom stereocenters. The molecule has 0 aromatic heterocycles. The molecule has 2 heteroatoms. The van der Waals surface area contributed by atoms with Crippen LogP contribution in [0.1, 0.15) is 68.9 Å². The van der Waals surface area contributed by atoms with E-state index in [1.165, 1.54) is 31.2 Å². The molecular weight excluding hydrogens is 236 g/mol. The van der Waals surface area contributed by atoms with E-state index in [0.717, 1.165) is 24.8 Å². The Labute approximate surface area is 116 Å². The average Bonchev–Trinajstić information content (AvgIpc) is 2.39. The average molecular weight is 262 g/mol. The molecule has 2 nitrogen and oxygen atoms in total. The summed E-state index contributed by atoms with van der Waals surface area (Å²) >= 11 is 0. The van der Waals surface area contributed by atoms with Gasteiger partial charge in [0, 0.05) is 0 Å². The van der Waals surface area contributed by atoms with Gasteiger partial charge in [-0.1, -0.05) is 75.3 Å². The summed E-state index contributed by atoms with van der Waals surface area (Å²) in [6, 6.07) is 7.88. The lowest BCUT2D eigenvalue weighted by Gasteiger charge is -2.13. The number of aliphatic carboxylic acids is 1. The van der Waals surface area contributed by atoms with E-state index < -0.39 is 5.97 Å². The molecule has 1 aromatic carbocycles. The molecule has 0 saturated carbocycles. The highest BCUT2D eigenvalue weighted by Gasteiger charge is 2.18. The molecule has 1 rings (SSSR count). The van der Waals surface area contributed by atoms with Crippen LogP contribution >= 0.6 is 0 Å². The Hall–Kier alpha value is -1.31. The molecule has 0 aliphatic rings. The first-order chi connectivity index (χ1) is 9.15. The van der Waals surface area contributed by atoms with Gasteiger partial charge >= 0.3 is 5.97 Å².